The summed E-state index contributed by atoms with van der Waals surface area (Å²) in [6.45, 7) is 2.01. The smallest absolute Gasteiger partial charge is 0.414 e. The van der Waals surface area contributed by atoms with E-state index >= 15 is 0 Å². The molecular weight excluding hydrogens is 196 g/mol. The van der Waals surface area contributed by atoms with E-state index in [2.05, 4.69) is 0 Å². The zero-order chi connectivity index (χ0) is 9.72. The van der Waals surface area contributed by atoms with Crippen molar-refractivity contribution in [3.8, 4) is 0 Å². The Bertz CT molecular complexity index is 171. The average molecular weight is 211 g/mol. The van der Waals surface area contributed by atoms with Crippen LogP contribution in [0.2, 0.25) is 0 Å². The van der Waals surface area contributed by atoms with Crippen LogP contribution in [0.3, 0.4) is 0 Å². The second kappa shape index (κ2) is 6.68. The number of likely N-dealkylation sites (N-methyl/N-ethyl adjacent to an activating group) is 1. The summed E-state index contributed by atoms with van der Waals surface area (Å²) in [5.74, 6) is -0.440. The highest BCUT2D eigenvalue weighted by Crippen LogP contribution is 1.90. The lowest BCUT2D eigenvalue weighted by Crippen LogP contribution is -2.38. The van der Waals surface area contributed by atoms with E-state index in [0.29, 0.717) is 6.54 Å². The van der Waals surface area contributed by atoms with Gasteiger partial charge in [-0.15, -0.1) is 12.4 Å². The molecule has 1 N–H and O–H groups in total. The van der Waals surface area contributed by atoms with Crippen LogP contribution in [-0.2, 0) is 4.79 Å². The number of halogens is 1. The van der Waals surface area contributed by atoms with Crippen molar-refractivity contribution in [3.63, 3.8) is 0 Å². The molecule has 0 fully saturated rings. The zero-order valence-electron chi connectivity index (χ0n) is 7.98. The highest BCUT2D eigenvalue weighted by atomic mass is 35.5. The summed E-state index contributed by atoms with van der Waals surface area (Å²) in [5, 5.41) is 8.54. The molecular formula is C7H15ClN2O3. The van der Waals surface area contributed by atoms with E-state index in [4.69, 9.17) is 5.11 Å². The van der Waals surface area contributed by atoms with Crippen molar-refractivity contribution < 1.29 is 14.7 Å². The average Bonchev–Trinajstić information content (AvgIpc) is 1.84. The Morgan fingerprint density at radius 2 is 1.69 bits per heavy atom. The maximum atomic E-state index is 10.7. The molecule has 13 heavy (non-hydrogen) atoms. The van der Waals surface area contributed by atoms with E-state index in [-0.39, 0.29) is 19.0 Å². The quantitative estimate of drug-likeness (QED) is 0.737. The largest absolute Gasteiger partial charge is 0.465 e. The van der Waals surface area contributed by atoms with Gasteiger partial charge < -0.3 is 10.0 Å². The first-order valence-corrected chi connectivity index (χ1v) is 3.61. The van der Waals surface area contributed by atoms with Gasteiger partial charge in [0.25, 0.3) is 0 Å². The third-order valence-electron chi connectivity index (χ3n) is 1.38. The summed E-state index contributed by atoms with van der Waals surface area (Å²) in [6, 6.07) is 0. The molecule has 5 nitrogen and oxygen atoms in total. The van der Waals surface area contributed by atoms with Crippen molar-refractivity contribution in [2.24, 2.45) is 0 Å². The molecule has 0 aromatic rings. The van der Waals surface area contributed by atoms with Gasteiger partial charge in [-0.1, -0.05) is 0 Å². The molecule has 0 aromatic heterocycles. The number of carbonyl (C=O) groups is 2. The Morgan fingerprint density at radius 3 is 1.92 bits per heavy atom. The first-order valence-electron chi connectivity index (χ1n) is 3.61. The van der Waals surface area contributed by atoms with Gasteiger partial charge >= 0.3 is 6.09 Å². The molecule has 0 aliphatic heterocycles. The molecule has 0 radical (unpaired) electrons. The van der Waals surface area contributed by atoms with Crippen molar-refractivity contribution in [1.82, 2.24) is 9.80 Å². The lowest BCUT2D eigenvalue weighted by molar-refractivity contribution is -0.126. The van der Waals surface area contributed by atoms with Gasteiger partial charge in [0.2, 0.25) is 5.91 Å². The Morgan fingerprint density at radius 1 is 1.23 bits per heavy atom. The lowest BCUT2D eigenvalue weighted by Gasteiger charge is -2.17. The van der Waals surface area contributed by atoms with Crippen LogP contribution in [0.15, 0.2) is 0 Å². The summed E-state index contributed by atoms with van der Waals surface area (Å²) >= 11 is 0. The van der Waals surface area contributed by atoms with Crippen LogP contribution in [0.5, 0.6) is 0 Å². The Kier molecular flexibility index (Phi) is 7.55. The third kappa shape index (κ3) is 6.36. The molecule has 0 saturated heterocycles. The fraction of sp³-hybridized carbons (Fsp3) is 0.714. The molecule has 0 saturated carbocycles. The standard InChI is InChI=1S/C7H14N2O3.ClH/c1-6(10)9(7(11)12)5-4-8(2)3;/h4-5H2,1-3H3,(H,11,12);1H. The van der Waals surface area contributed by atoms with E-state index in [1.54, 1.807) is 0 Å². The molecule has 0 aliphatic carbocycles. The van der Waals surface area contributed by atoms with Crippen molar-refractivity contribution in [2.45, 2.75) is 6.92 Å². The summed E-state index contributed by atoms with van der Waals surface area (Å²) in [7, 11) is 3.64. The zero-order valence-corrected chi connectivity index (χ0v) is 8.80. The van der Waals surface area contributed by atoms with Crippen LogP contribution in [0.25, 0.3) is 0 Å². The van der Waals surface area contributed by atoms with E-state index in [0.717, 1.165) is 4.90 Å². The summed E-state index contributed by atoms with van der Waals surface area (Å²) in [4.78, 5) is 23.8. The molecule has 2 amide bonds. The van der Waals surface area contributed by atoms with Gasteiger partial charge in [0.15, 0.2) is 0 Å². The SMILES string of the molecule is CC(=O)N(CCN(C)C)C(=O)O.Cl. The molecule has 0 rings (SSSR count). The third-order valence-corrected chi connectivity index (χ3v) is 1.38. The second-order valence-electron chi connectivity index (χ2n) is 2.76. The first kappa shape index (κ1) is 14.7. The molecule has 0 unspecified atom stereocenters. The van der Waals surface area contributed by atoms with Crippen molar-refractivity contribution in [1.29, 1.82) is 0 Å². The second-order valence-corrected chi connectivity index (χ2v) is 2.76. The molecule has 0 heterocycles. The highest BCUT2D eigenvalue weighted by molar-refractivity contribution is 5.89. The van der Waals surface area contributed by atoms with Gasteiger partial charge in [-0.05, 0) is 14.1 Å². The van der Waals surface area contributed by atoms with Crippen molar-refractivity contribution >= 4 is 24.4 Å². The van der Waals surface area contributed by atoms with Crippen LogP contribution < -0.4 is 0 Å². The monoisotopic (exact) mass is 210 g/mol. The summed E-state index contributed by atoms with van der Waals surface area (Å²) in [5.41, 5.74) is 0. The summed E-state index contributed by atoms with van der Waals surface area (Å²) < 4.78 is 0. The molecule has 0 atom stereocenters. The van der Waals surface area contributed by atoms with Crippen LogP contribution >= 0.6 is 12.4 Å². The number of hydrogen-bond donors (Lipinski definition) is 1. The number of imide groups is 1. The van der Waals surface area contributed by atoms with E-state index in [1.807, 2.05) is 19.0 Å². The first-order chi connectivity index (χ1) is 5.45. The van der Waals surface area contributed by atoms with Gasteiger partial charge in [-0.25, -0.2) is 9.69 Å². The topological polar surface area (TPSA) is 60.9 Å². The minimum absolute atomic E-state index is 0. The number of amides is 2. The van der Waals surface area contributed by atoms with Gasteiger partial charge in [-0.3, -0.25) is 4.79 Å². The normalized spacial score (nSPS) is 9.23. The molecule has 0 spiro atoms. The van der Waals surface area contributed by atoms with Crippen molar-refractivity contribution in [2.75, 3.05) is 27.2 Å². The maximum Gasteiger partial charge on any atom is 0.414 e. The predicted molar refractivity (Wildman–Crippen MR) is 51.2 cm³/mol. The summed E-state index contributed by atoms with van der Waals surface area (Å²) in [6.07, 6.45) is -1.19. The minimum atomic E-state index is -1.19. The number of carbonyl (C=O) groups excluding carboxylic acids is 1. The number of carboxylic acid groups (broad SMARTS) is 1. The Hall–Kier alpha value is -0.810. The molecule has 0 aliphatic rings. The van der Waals surface area contributed by atoms with Crippen LogP contribution in [-0.4, -0.2) is 54.1 Å². The Labute approximate surface area is 83.7 Å². The van der Waals surface area contributed by atoms with Crippen LogP contribution in [0, 0.1) is 0 Å². The molecule has 0 bridgehead atoms. The van der Waals surface area contributed by atoms with E-state index < -0.39 is 12.0 Å². The minimum Gasteiger partial charge on any atom is -0.465 e. The van der Waals surface area contributed by atoms with Gasteiger partial charge in [0.05, 0.1) is 0 Å². The number of nitrogens with zero attached hydrogens (tertiary/aromatic N) is 2. The maximum absolute atomic E-state index is 10.7. The number of hydrogen-bond acceptors (Lipinski definition) is 3. The molecule has 78 valence electrons. The van der Waals surface area contributed by atoms with Crippen molar-refractivity contribution in [3.05, 3.63) is 0 Å². The van der Waals surface area contributed by atoms with Gasteiger partial charge in [0, 0.05) is 20.0 Å². The van der Waals surface area contributed by atoms with E-state index in [9.17, 15) is 9.59 Å². The predicted octanol–water partition coefficient (Wildman–Crippen LogP) is 0.496. The van der Waals surface area contributed by atoms with Crippen LogP contribution in [0.1, 0.15) is 6.92 Å². The van der Waals surface area contributed by atoms with Crippen LogP contribution in [0.4, 0.5) is 4.79 Å². The number of rotatable bonds is 3. The fourth-order valence-electron chi connectivity index (χ4n) is 0.688. The molecule has 0 aromatic carbocycles. The highest BCUT2D eigenvalue weighted by Gasteiger charge is 2.15. The lowest BCUT2D eigenvalue weighted by atomic mass is 10.5. The van der Waals surface area contributed by atoms with E-state index in [1.165, 1.54) is 6.92 Å². The fourth-order valence-corrected chi connectivity index (χ4v) is 0.688. The van der Waals surface area contributed by atoms with Gasteiger partial charge in [0.1, 0.15) is 0 Å². The molecule has 6 heteroatoms. The van der Waals surface area contributed by atoms with Gasteiger partial charge in [-0.2, -0.15) is 0 Å². The Balaban J connectivity index is 0.